The third kappa shape index (κ3) is 3.18. The molecule has 1 atom stereocenters. The Balaban J connectivity index is 1.33. The van der Waals surface area contributed by atoms with Crippen molar-refractivity contribution in [2.75, 3.05) is 44.3 Å². The molecule has 9 nitrogen and oxygen atoms in total. The van der Waals surface area contributed by atoms with E-state index in [4.69, 9.17) is 14.8 Å². The molecule has 3 aromatic heterocycles. The van der Waals surface area contributed by atoms with Crippen molar-refractivity contribution >= 4 is 17.2 Å². The SMILES string of the molecule is O=C(c1cnccn1)N1CCC(c2nc3ccc(N4CCOCC4)cn3n2)C1. The predicted molar refractivity (Wildman–Crippen MR) is 101 cm³/mol. The van der Waals surface area contributed by atoms with E-state index in [0.717, 1.165) is 49.9 Å². The van der Waals surface area contributed by atoms with Crippen LogP contribution in [0.2, 0.25) is 0 Å². The number of morpholine rings is 1. The molecule has 2 fully saturated rings. The van der Waals surface area contributed by atoms with Gasteiger partial charge in [0.05, 0.1) is 31.3 Å². The van der Waals surface area contributed by atoms with Gasteiger partial charge in [-0.3, -0.25) is 9.78 Å². The van der Waals surface area contributed by atoms with Crippen molar-refractivity contribution in [1.82, 2.24) is 29.5 Å². The number of hydrogen-bond donors (Lipinski definition) is 0. The fourth-order valence-corrected chi connectivity index (χ4v) is 3.80. The highest BCUT2D eigenvalue weighted by molar-refractivity contribution is 5.92. The lowest BCUT2D eigenvalue weighted by molar-refractivity contribution is 0.0784. The van der Waals surface area contributed by atoms with Crippen LogP contribution in [-0.4, -0.2) is 74.8 Å². The maximum atomic E-state index is 12.6. The van der Waals surface area contributed by atoms with E-state index in [1.165, 1.54) is 12.4 Å². The third-order valence-corrected chi connectivity index (χ3v) is 5.33. The molecule has 0 N–H and O–H groups in total. The van der Waals surface area contributed by atoms with Crippen LogP contribution in [0.5, 0.6) is 0 Å². The number of rotatable bonds is 3. The molecular weight excluding hydrogens is 358 g/mol. The quantitative estimate of drug-likeness (QED) is 0.670. The molecular formula is C19H21N7O2. The number of amides is 1. The van der Waals surface area contributed by atoms with Crippen LogP contribution in [0.4, 0.5) is 5.69 Å². The Morgan fingerprint density at radius 3 is 2.86 bits per heavy atom. The van der Waals surface area contributed by atoms with Crippen molar-refractivity contribution in [2.24, 2.45) is 0 Å². The van der Waals surface area contributed by atoms with Crippen LogP contribution in [0.25, 0.3) is 5.65 Å². The van der Waals surface area contributed by atoms with Gasteiger partial charge >= 0.3 is 0 Å². The summed E-state index contributed by atoms with van der Waals surface area (Å²) in [6, 6.07) is 4.08. The van der Waals surface area contributed by atoms with Gasteiger partial charge in [0.2, 0.25) is 0 Å². The molecule has 0 aromatic carbocycles. The zero-order chi connectivity index (χ0) is 18.9. The van der Waals surface area contributed by atoms with Crippen molar-refractivity contribution in [3.8, 4) is 0 Å². The minimum atomic E-state index is -0.0889. The summed E-state index contributed by atoms with van der Waals surface area (Å²) in [5.41, 5.74) is 2.32. The van der Waals surface area contributed by atoms with E-state index in [0.29, 0.717) is 18.8 Å². The van der Waals surface area contributed by atoms with Gasteiger partial charge < -0.3 is 14.5 Å². The van der Waals surface area contributed by atoms with Gasteiger partial charge in [-0.15, -0.1) is 0 Å². The van der Waals surface area contributed by atoms with Crippen LogP contribution in [0, 0.1) is 0 Å². The average molecular weight is 379 g/mol. The summed E-state index contributed by atoms with van der Waals surface area (Å²) in [5.74, 6) is 0.829. The lowest BCUT2D eigenvalue weighted by Gasteiger charge is -2.28. The highest BCUT2D eigenvalue weighted by Gasteiger charge is 2.31. The van der Waals surface area contributed by atoms with Crippen molar-refractivity contribution in [3.05, 3.63) is 48.4 Å². The molecule has 0 radical (unpaired) electrons. The van der Waals surface area contributed by atoms with Gasteiger partial charge in [-0.25, -0.2) is 14.5 Å². The number of pyridine rings is 1. The number of carbonyl (C=O) groups is 1. The Morgan fingerprint density at radius 1 is 1.14 bits per heavy atom. The topological polar surface area (TPSA) is 88.8 Å². The molecule has 5 heterocycles. The second-order valence-electron chi connectivity index (χ2n) is 7.09. The molecule has 9 heteroatoms. The van der Waals surface area contributed by atoms with Crippen molar-refractivity contribution in [3.63, 3.8) is 0 Å². The van der Waals surface area contributed by atoms with Crippen LogP contribution < -0.4 is 4.90 Å². The summed E-state index contributed by atoms with van der Waals surface area (Å²) in [5, 5.41) is 4.70. The molecule has 2 aliphatic rings. The molecule has 1 amide bonds. The third-order valence-electron chi connectivity index (χ3n) is 5.33. The summed E-state index contributed by atoms with van der Waals surface area (Å²) in [6.07, 6.45) is 7.48. The Morgan fingerprint density at radius 2 is 2.04 bits per heavy atom. The number of aromatic nitrogens is 5. The number of carbonyl (C=O) groups excluding carboxylic acids is 1. The number of anilines is 1. The second-order valence-corrected chi connectivity index (χ2v) is 7.09. The first-order chi connectivity index (χ1) is 13.8. The van der Waals surface area contributed by atoms with Gasteiger partial charge in [0.1, 0.15) is 5.69 Å². The van der Waals surface area contributed by atoms with Crippen molar-refractivity contribution in [2.45, 2.75) is 12.3 Å². The number of fused-ring (bicyclic) bond motifs is 1. The summed E-state index contributed by atoms with van der Waals surface area (Å²) in [4.78, 5) is 29.5. The van der Waals surface area contributed by atoms with Crippen molar-refractivity contribution in [1.29, 1.82) is 0 Å². The minimum Gasteiger partial charge on any atom is -0.378 e. The molecule has 2 aliphatic heterocycles. The Kier molecular flexibility index (Phi) is 4.36. The summed E-state index contributed by atoms with van der Waals surface area (Å²) >= 11 is 0. The Labute approximate surface area is 162 Å². The minimum absolute atomic E-state index is 0.0889. The van der Waals surface area contributed by atoms with E-state index in [9.17, 15) is 4.79 Å². The van der Waals surface area contributed by atoms with E-state index in [-0.39, 0.29) is 11.8 Å². The van der Waals surface area contributed by atoms with Gasteiger partial charge in [0, 0.05) is 44.5 Å². The number of likely N-dealkylation sites (tertiary alicyclic amines) is 1. The summed E-state index contributed by atoms with van der Waals surface area (Å²) in [7, 11) is 0. The number of ether oxygens (including phenoxy) is 1. The first-order valence-electron chi connectivity index (χ1n) is 9.52. The molecule has 1 unspecified atom stereocenters. The maximum absolute atomic E-state index is 12.6. The molecule has 0 saturated carbocycles. The van der Waals surface area contributed by atoms with E-state index < -0.39 is 0 Å². The zero-order valence-electron chi connectivity index (χ0n) is 15.4. The molecule has 0 bridgehead atoms. The number of nitrogens with zero attached hydrogens (tertiary/aromatic N) is 7. The van der Waals surface area contributed by atoms with Crippen LogP contribution in [0.3, 0.4) is 0 Å². The second kappa shape index (κ2) is 7.16. The highest BCUT2D eigenvalue weighted by atomic mass is 16.5. The van der Waals surface area contributed by atoms with Gasteiger partial charge in [-0.2, -0.15) is 5.10 Å². The van der Waals surface area contributed by atoms with Crippen LogP contribution >= 0.6 is 0 Å². The summed E-state index contributed by atoms with van der Waals surface area (Å²) in [6.45, 7) is 4.54. The Bertz CT molecular complexity index is 984. The Hall–Kier alpha value is -3.07. The van der Waals surface area contributed by atoms with Crippen LogP contribution in [-0.2, 0) is 4.74 Å². The lowest BCUT2D eigenvalue weighted by Crippen LogP contribution is -2.36. The van der Waals surface area contributed by atoms with Crippen LogP contribution in [0.1, 0.15) is 28.7 Å². The molecule has 5 rings (SSSR count). The van der Waals surface area contributed by atoms with Gasteiger partial charge in [0.15, 0.2) is 11.5 Å². The maximum Gasteiger partial charge on any atom is 0.274 e. The molecule has 0 aliphatic carbocycles. The standard InChI is InChI=1S/C19H21N7O2/c27-19(16-11-20-4-5-21-16)25-6-3-14(12-25)18-22-17-2-1-15(13-26(17)23-18)24-7-9-28-10-8-24/h1-2,4-5,11,13-14H,3,6-10,12H2. The van der Waals surface area contributed by atoms with Gasteiger partial charge in [-0.05, 0) is 18.6 Å². The molecule has 0 spiro atoms. The predicted octanol–water partition coefficient (Wildman–Crippen LogP) is 0.986. The first kappa shape index (κ1) is 17.1. The van der Waals surface area contributed by atoms with Crippen LogP contribution in [0.15, 0.2) is 36.9 Å². The molecule has 3 aromatic rings. The lowest BCUT2D eigenvalue weighted by atomic mass is 10.1. The molecule has 28 heavy (non-hydrogen) atoms. The normalized spacial score (nSPS) is 20.1. The van der Waals surface area contributed by atoms with E-state index in [2.05, 4.69) is 20.9 Å². The zero-order valence-corrected chi connectivity index (χ0v) is 15.4. The monoisotopic (exact) mass is 379 g/mol. The van der Waals surface area contributed by atoms with E-state index in [1.54, 1.807) is 11.1 Å². The highest BCUT2D eigenvalue weighted by Crippen LogP contribution is 2.27. The fraction of sp³-hybridized carbons (Fsp3) is 0.421. The molecule has 144 valence electrons. The summed E-state index contributed by atoms with van der Waals surface area (Å²) < 4.78 is 7.27. The largest absolute Gasteiger partial charge is 0.378 e. The smallest absolute Gasteiger partial charge is 0.274 e. The van der Waals surface area contributed by atoms with E-state index >= 15 is 0 Å². The van der Waals surface area contributed by atoms with Crippen molar-refractivity contribution < 1.29 is 9.53 Å². The average Bonchev–Trinajstić information content (AvgIpc) is 3.41. The first-order valence-corrected chi connectivity index (χ1v) is 9.52. The van der Waals surface area contributed by atoms with E-state index in [1.807, 2.05) is 16.8 Å². The fourth-order valence-electron chi connectivity index (χ4n) is 3.80. The number of hydrogen-bond acceptors (Lipinski definition) is 7. The molecule has 2 saturated heterocycles. The van der Waals surface area contributed by atoms with Gasteiger partial charge in [-0.1, -0.05) is 0 Å². The van der Waals surface area contributed by atoms with Gasteiger partial charge in [0.25, 0.3) is 5.91 Å².